The molecule has 18 heavy (non-hydrogen) atoms. The summed E-state index contributed by atoms with van der Waals surface area (Å²) >= 11 is 0. The van der Waals surface area contributed by atoms with E-state index in [2.05, 4.69) is 17.6 Å². The van der Waals surface area contributed by atoms with E-state index in [1.54, 1.807) is 0 Å². The summed E-state index contributed by atoms with van der Waals surface area (Å²) in [4.78, 5) is 22.9. The van der Waals surface area contributed by atoms with E-state index < -0.39 is 0 Å². The van der Waals surface area contributed by atoms with Gasteiger partial charge in [-0.25, -0.2) is 0 Å². The predicted octanol–water partition coefficient (Wildman–Crippen LogP) is 1.71. The Bertz CT molecular complexity index is 440. The van der Waals surface area contributed by atoms with Gasteiger partial charge in [0.05, 0.1) is 5.92 Å². The molecule has 4 heteroatoms. The average molecular weight is 246 g/mol. The zero-order valence-corrected chi connectivity index (χ0v) is 10.5. The Kier molecular flexibility index (Phi) is 3.97. The number of amides is 2. The molecule has 0 bridgehead atoms. The maximum atomic E-state index is 11.9. The van der Waals surface area contributed by atoms with Crippen LogP contribution in [0.25, 0.3) is 0 Å². The molecule has 1 aromatic rings. The molecule has 1 aromatic carbocycles. The van der Waals surface area contributed by atoms with Crippen LogP contribution < -0.4 is 10.6 Å². The van der Waals surface area contributed by atoms with E-state index in [1.807, 2.05) is 24.3 Å². The van der Waals surface area contributed by atoms with Crippen LogP contribution in [-0.2, 0) is 16.0 Å². The van der Waals surface area contributed by atoms with Crippen molar-refractivity contribution in [1.82, 2.24) is 5.32 Å². The Labute approximate surface area is 107 Å². The van der Waals surface area contributed by atoms with Crippen molar-refractivity contribution in [3.05, 3.63) is 29.8 Å². The number of hydrogen-bond donors (Lipinski definition) is 2. The highest BCUT2D eigenvalue weighted by Gasteiger charge is 2.27. The summed E-state index contributed by atoms with van der Waals surface area (Å²) in [6.45, 7) is 2.58. The molecule has 96 valence electrons. The van der Waals surface area contributed by atoms with Crippen LogP contribution in [0.4, 0.5) is 5.69 Å². The van der Waals surface area contributed by atoms with E-state index in [-0.39, 0.29) is 17.7 Å². The molecule has 1 fully saturated rings. The lowest BCUT2D eigenvalue weighted by molar-refractivity contribution is -0.123. The standard InChI is InChI=1S/C14H18N2O2/c1-2-3-10-4-6-12(7-5-10)16-14(18)11-8-13(17)15-9-11/h4-7,11H,2-3,8-9H2,1H3,(H,15,17)(H,16,18). The zero-order chi connectivity index (χ0) is 13.0. The summed E-state index contributed by atoms with van der Waals surface area (Å²) in [7, 11) is 0. The van der Waals surface area contributed by atoms with Crippen molar-refractivity contribution in [2.45, 2.75) is 26.2 Å². The van der Waals surface area contributed by atoms with Gasteiger partial charge in [-0.15, -0.1) is 0 Å². The fourth-order valence-electron chi connectivity index (χ4n) is 2.08. The summed E-state index contributed by atoms with van der Waals surface area (Å²) in [5.41, 5.74) is 2.06. The molecule has 0 aromatic heterocycles. The van der Waals surface area contributed by atoms with Crippen molar-refractivity contribution >= 4 is 17.5 Å². The Morgan fingerprint density at radius 3 is 2.67 bits per heavy atom. The second-order valence-electron chi connectivity index (χ2n) is 4.64. The topological polar surface area (TPSA) is 58.2 Å². The molecule has 1 aliphatic rings. The average Bonchev–Trinajstić information content (AvgIpc) is 2.79. The first kappa shape index (κ1) is 12.6. The first-order chi connectivity index (χ1) is 8.69. The molecular formula is C14H18N2O2. The van der Waals surface area contributed by atoms with Crippen molar-refractivity contribution in [1.29, 1.82) is 0 Å². The Hall–Kier alpha value is -1.84. The van der Waals surface area contributed by atoms with Gasteiger partial charge in [-0.2, -0.15) is 0 Å². The molecule has 0 spiro atoms. The Balaban J connectivity index is 1.92. The van der Waals surface area contributed by atoms with Gasteiger partial charge in [0, 0.05) is 18.7 Å². The molecule has 0 saturated carbocycles. The molecule has 2 amide bonds. The zero-order valence-electron chi connectivity index (χ0n) is 10.5. The quantitative estimate of drug-likeness (QED) is 0.849. The van der Waals surface area contributed by atoms with Crippen LogP contribution in [0.2, 0.25) is 0 Å². The molecule has 1 heterocycles. The third-order valence-electron chi connectivity index (χ3n) is 3.11. The van der Waals surface area contributed by atoms with Gasteiger partial charge >= 0.3 is 0 Å². The van der Waals surface area contributed by atoms with E-state index in [1.165, 1.54) is 5.56 Å². The normalized spacial score (nSPS) is 18.5. The van der Waals surface area contributed by atoms with Crippen molar-refractivity contribution in [3.8, 4) is 0 Å². The first-order valence-corrected chi connectivity index (χ1v) is 6.35. The number of aryl methyl sites for hydroxylation is 1. The molecule has 4 nitrogen and oxygen atoms in total. The minimum atomic E-state index is -0.243. The van der Waals surface area contributed by atoms with E-state index in [9.17, 15) is 9.59 Å². The Morgan fingerprint density at radius 1 is 1.39 bits per heavy atom. The summed E-state index contributed by atoms with van der Waals surface area (Å²) in [5, 5.41) is 5.50. The van der Waals surface area contributed by atoms with E-state index in [4.69, 9.17) is 0 Å². The number of hydrogen-bond acceptors (Lipinski definition) is 2. The first-order valence-electron chi connectivity index (χ1n) is 6.35. The van der Waals surface area contributed by atoms with Crippen LogP contribution in [-0.4, -0.2) is 18.4 Å². The molecule has 2 N–H and O–H groups in total. The molecule has 1 atom stereocenters. The highest BCUT2D eigenvalue weighted by molar-refractivity contribution is 5.97. The molecular weight excluding hydrogens is 228 g/mol. The second-order valence-corrected chi connectivity index (χ2v) is 4.64. The maximum Gasteiger partial charge on any atom is 0.229 e. The molecule has 0 aliphatic carbocycles. The lowest BCUT2D eigenvalue weighted by atomic mass is 10.1. The van der Waals surface area contributed by atoms with Crippen LogP contribution in [0.15, 0.2) is 24.3 Å². The van der Waals surface area contributed by atoms with Gasteiger partial charge in [0.1, 0.15) is 0 Å². The number of anilines is 1. The van der Waals surface area contributed by atoms with Gasteiger partial charge in [-0.1, -0.05) is 25.5 Å². The minimum absolute atomic E-state index is 0.0477. The van der Waals surface area contributed by atoms with Gasteiger partial charge in [-0.05, 0) is 24.1 Å². The van der Waals surface area contributed by atoms with Crippen molar-refractivity contribution in [2.75, 3.05) is 11.9 Å². The fraction of sp³-hybridized carbons (Fsp3) is 0.429. The summed E-state index contributed by atoms with van der Waals surface area (Å²) in [6.07, 6.45) is 2.45. The van der Waals surface area contributed by atoms with Gasteiger partial charge in [0.15, 0.2) is 0 Å². The van der Waals surface area contributed by atoms with Gasteiger partial charge in [0.25, 0.3) is 0 Å². The summed E-state index contributed by atoms with van der Waals surface area (Å²) in [6, 6.07) is 7.87. The van der Waals surface area contributed by atoms with E-state index in [0.29, 0.717) is 13.0 Å². The number of rotatable bonds is 4. The lowest BCUT2D eigenvalue weighted by Gasteiger charge is -2.09. The smallest absolute Gasteiger partial charge is 0.229 e. The van der Waals surface area contributed by atoms with Gasteiger partial charge < -0.3 is 10.6 Å². The molecule has 1 aliphatic heterocycles. The third-order valence-corrected chi connectivity index (χ3v) is 3.11. The maximum absolute atomic E-state index is 11.9. The minimum Gasteiger partial charge on any atom is -0.355 e. The van der Waals surface area contributed by atoms with Crippen LogP contribution >= 0.6 is 0 Å². The summed E-state index contributed by atoms with van der Waals surface area (Å²) < 4.78 is 0. The van der Waals surface area contributed by atoms with E-state index in [0.717, 1.165) is 18.5 Å². The molecule has 1 unspecified atom stereocenters. The van der Waals surface area contributed by atoms with Crippen LogP contribution in [0, 0.1) is 5.92 Å². The fourth-order valence-corrected chi connectivity index (χ4v) is 2.08. The van der Waals surface area contributed by atoms with Crippen LogP contribution in [0.5, 0.6) is 0 Å². The molecule has 1 saturated heterocycles. The number of carbonyl (C=O) groups is 2. The highest BCUT2D eigenvalue weighted by Crippen LogP contribution is 2.15. The highest BCUT2D eigenvalue weighted by atomic mass is 16.2. The summed E-state index contributed by atoms with van der Waals surface area (Å²) in [5.74, 6) is -0.377. The second kappa shape index (κ2) is 5.67. The van der Waals surface area contributed by atoms with Crippen LogP contribution in [0.3, 0.4) is 0 Å². The van der Waals surface area contributed by atoms with Crippen LogP contribution in [0.1, 0.15) is 25.3 Å². The van der Waals surface area contributed by atoms with Gasteiger partial charge in [0.2, 0.25) is 11.8 Å². The number of benzene rings is 1. The van der Waals surface area contributed by atoms with Gasteiger partial charge in [-0.3, -0.25) is 9.59 Å². The predicted molar refractivity (Wildman–Crippen MR) is 70.2 cm³/mol. The van der Waals surface area contributed by atoms with E-state index >= 15 is 0 Å². The monoisotopic (exact) mass is 246 g/mol. The SMILES string of the molecule is CCCc1ccc(NC(=O)C2CNC(=O)C2)cc1. The van der Waals surface area contributed by atoms with Crippen molar-refractivity contribution in [3.63, 3.8) is 0 Å². The Morgan fingerprint density at radius 2 is 2.11 bits per heavy atom. The number of carbonyl (C=O) groups excluding carboxylic acids is 2. The molecule has 2 rings (SSSR count). The molecule has 0 radical (unpaired) electrons. The largest absolute Gasteiger partial charge is 0.355 e. The third kappa shape index (κ3) is 3.09. The number of nitrogens with one attached hydrogen (secondary N) is 2. The lowest BCUT2D eigenvalue weighted by Crippen LogP contribution is -2.24. The van der Waals surface area contributed by atoms with Crippen molar-refractivity contribution in [2.24, 2.45) is 5.92 Å². The van der Waals surface area contributed by atoms with Crippen molar-refractivity contribution < 1.29 is 9.59 Å².